The van der Waals surface area contributed by atoms with Crippen molar-refractivity contribution in [3.8, 4) is 0 Å². The second-order valence-electron chi connectivity index (χ2n) is 6.54. The van der Waals surface area contributed by atoms with Crippen molar-refractivity contribution in [2.45, 2.75) is 25.8 Å². The number of pyridine rings is 1. The van der Waals surface area contributed by atoms with Crippen molar-refractivity contribution < 1.29 is 0 Å². The molecule has 0 atom stereocenters. The second kappa shape index (κ2) is 6.48. The first-order chi connectivity index (χ1) is 10.2. The van der Waals surface area contributed by atoms with Gasteiger partial charge in [0.25, 0.3) is 0 Å². The molecular weight excluding hydrogens is 364 g/mol. The van der Waals surface area contributed by atoms with E-state index < -0.39 is 0 Å². The summed E-state index contributed by atoms with van der Waals surface area (Å²) in [4.78, 5) is 7.12. The van der Waals surface area contributed by atoms with Crippen molar-refractivity contribution >= 4 is 34.0 Å². The number of aromatic nitrogens is 2. The average molecular weight is 386 g/mol. The summed E-state index contributed by atoms with van der Waals surface area (Å²) in [5.41, 5.74) is 2.90. The Morgan fingerprint density at radius 3 is 2.86 bits per heavy atom. The molecule has 2 aliphatic rings. The lowest BCUT2D eigenvalue weighted by atomic mass is 9.78. The van der Waals surface area contributed by atoms with Gasteiger partial charge in [0.15, 0.2) is 0 Å². The Morgan fingerprint density at radius 2 is 2.05 bits per heavy atom. The van der Waals surface area contributed by atoms with Gasteiger partial charge in [0, 0.05) is 23.8 Å². The Labute approximate surface area is 145 Å². The monoisotopic (exact) mass is 384 g/mol. The molecule has 0 radical (unpaired) electrons. The molecule has 120 valence electrons. The lowest BCUT2D eigenvalue weighted by Crippen LogP contribution is -2.38. The Kier molecular flexibility index (Phi) is 4.78. The van der Waals surface area contributed by atoms with Gasteiger partial charge < -0.3 is 9.72 Å². The van der Waals surface area contributed by atoms with Crippen molar-refractivity contribution in [3.63, 3.8) is 0 Å². The van der Waals surface area contributed by atoms with Crippen LogP contribution in [0.4, 0.5) is 0 Å². The van der Waals surface area contributed by atoms with Gasteiger partial charge in [0.1, 0.15) is 5.65 Å². The number of hydrogen-bond donors (Lipinski definition) is 1. The minimum atomic E-state index is 0. The molecule has 6 heteroatoms. The van der Waals surface area contributed by atoms with Crippen LogP contribution in [0.1, 0.15) is 25.0 Å². The first kappa shape index (κ1) is 16.2. The molecule has 0 amide bonds. The molecular formula is C16H22BrClN4. The van der Waals surface area contributed by atoms with E-state index in [1.54, 1.807) is 0 Å². The molecule has 1 N–H and O–H groups in total. The van der Waals surface area contributed by atoms with E-state index in [0.717, 1.165) is 16.7 Å². The predicted octanol–water partition coefficient (Wildman–Crippen LogP) is 3.09. The molecule has 0 unspecified atom stereocenters. The van der Waals surface area contributed by atoms with Crippen LogP contribution in [0.3, 0.4) is 0 Å². The van der Waals surface area contributed by atoms with Crippen molar-refractivity contribution in [2.24, 2.45) is 5.41 Å². The normalized spacial score (nSPS) is 21.3. The molecule has 0 aromatic carbocycles. The third kappa shape index (κ3) is 3.04. The highest BCUT2D eigenvalue weighted by Gasteiger charge is 2.38. The highest BCUT2D eigenvalue weighted by molar-refractivity contribution is 9.10. The second-order valence-corrected chi connectivity index (χ2v) is 7.45. The fraction of sp³-hybridized carbons (Fsp3) is 0.562. The van der Waals surface area contributed by atoms with Crippen molar-refractivity contribution in [1.29, 1.82) is 0 Å². The van der Waals surface area contributed by atoms with Gasteiger partial charge in [-0.05, 0) is 72.4 Å². The van der Waals surface area contributed by atoms with E-state index in [4.69, 9.17) is 0 Å². The van der Waals surface area contributed by atoms with E-state index in [2.05, 4.69) is 47.8 Å². The Balaban J connectivity index is 0.00000144. The van der Waals surface area contributed by atoms with E-state index in [9.17, 15) is 0 Å². The maximum atomic E-state index is 4.51. The van der Waals surface area contributed by atoms with Gasteiger partial charge >= 0.3 is 0 Å². The number of piperidine rings is 1. The number of nitrogens with one attached hydrogen (secondary N) is 1. The topological polar surface area (TPSA) is 32.6 Å². The summed E-state index contributed by atoms with van der Waals surface area (Å²) in [5, 5.41) is 3.49. The van der Waals surface area contributed by atoms with Gasteiger partial charge in [-0.2, -0.15) is 0 Å². The molecule has 2 aliphatic heterocycles. The molecule has 4 rings (SSSR count). The molecule has 0 saturated carbocycles. The lowest BCUT2D eigenvalue weighted by Gasteiger charge is -2.33. The maximum absolute atomic E-state index is 4.51. The molecule has 0 bridgehead atoms. The zero-order valence-electron chi connectivity index (χ0n) is 12.6. The van der Waals surface area contributed by atoms with Crippen LogP contribution in [-0.4, -0.2) is 40.5 Å². The molecule has 2 fully saturated rings. The fourth-order valence-corrected chi connectivity index (χ4v) is 4.22. The lowest BCUT2D eigenvalue weighted by molar-refractivity contribution is 0.193. The molecule has 2 aromatic heterocycles. The largest absolute Gasteiger partial charge is 0.317 e. The predicted molar refractivity (Wildman–Crippen MR) is 94.6 cm³/mol. The first-order valence-electron chi connectivity index (χ1n) is 7.79. The number of rotatable bonds is 2. The number of halogens is 2. The van der Waals surface area contributed by atoms with Crippen molar-refractivity contribution in [2.75, 3.05) is 26.2 Å². The summed E-state index contributed by atoms with van der Waals surface area (Å²) in [6, 6.07) is 4.11. The van der Waals surface area contributed by atoms with E-state index in [0.29, 0.717) is 5.41 Å². The summed E-state index contributed by atoms with van der Waals surface area (Å²) in [6.07, 6.45) is 8.17. The van der Waals surface area contributed by atoms with Gasteiger partial charge in [0.05, 0.1) is 11.9 Å². The van der Waals surface area contributed by atoms with E-state index in [1.165, 1.54) is 51.1 Å². The third-order valence-corrected chi connectivity index (χ3v) is 5.58. The SMILES string of the molecule is Brc1ccc2ncc(CN3CCC4(CCNCC4)C3)n2c1.Cl. The Hall–Kier alpha value is -0.620. The molecule has 22 heavy (non-hydrogen) atoms. The standard InChI is InChI=1S/C16H21BrN4.ClH/c17-13-1-2-15-19-9-14(21(15)10-13)11-20-8-5-16(12-20)3-6-18-7-4-16;/h1-2,9-10,18H,3-8,11-12H2;1H. The number of likely N-dealkylation sites (tertiary alicyclic amines) is 1. The van der Waals surface area contributed by atoms with Crippen LogP contribution >= 0.6 is 28.3 Å². The summed E-state index contributed by atoms with van der Waals surface area (Å²) in [6.45, 7) is 5.86. The minimum Gasteiger partial charge on any atom is -0.317 e. The molecule has 4 heterocycles. The van der Waals surface area contributed by atoms with Crippen LogP contribution < -0.4 is 5.32 Å². The minimum absolute atomic E-state index is 0. The van der Waals surface area contributed by atoms with Gasteiger partial charge in [-0.3, -0.25) is 4.90 Å². The zero-order valence-corrected chi connectivity index (χ0v) is 15.0. The fourth-order valence-electron chi connectivity index (χ4n) is 3.88. The molecule has 2 saturated heterocycles. The molecule has 2 aromatic rings. The van der Waals surface area contributed by atoms with E-state index >= 15 is 0 Å². The van der Waals surface area contributed by atoms with Gasteiger partial charge in [-0.25, -0.2) is 4.98 Å². The molecule has 0 aliphatic carbocycles. The number of imidazole rings is 1. The van der Waals surface area contributed by atoms with Crippen molar-refractivity contribution in [3.05, 3.63) is 34.7 Å². The summed E-state index contributed by atoms with van der Waals surface area (Å²) >= 11 is 3.55. The van der Waals surface area contributed by atoms with E-state index in [1.807, 2.05) is 12.3 Å². The average Bonchev–Trinajstić information content (AvgIpc) is 3.06. The summed E-state index contributed by atoms with van der Waals surface area (Å²) < 4.78 is 3.31. The van der Waals surface area contributed by atoms with E-state index in [-0.39, 0.29) is 12.4 Å². The third-order valence-electron chi connectivity index (χ3n) is 5.11. The van der Waals surface area contributed by atoms with Gasteiger partial charge in [-0.1, -0.05) is 0 Å². The molecule has 4 nitrogen and oxygen atoms in total. The van der Waals surface area contributed by atoms with Crippen LogP contribution in [0.15, 0.2) is 29.0 Å². The van der Waals surface area contributed by atoms with Crippen molar-refractivity contribution in [1.82, 2.24) is 19.6 Å². The zero-order chi connectivity index (χ0) is 14.3. The van der Waals surface area contributed by atoms with Crippen LogP contribution in [-0.2, 0) is 6.54 Å². The Morgan fingerprint density at radius 1 is 1.23 bits per heavy atom. The highest BCUT2D eigenvalue weighted by Crippen LogP contribution is 2.39. The van der Waals surface area contributed by atoms with Crippen LogP contribution in [0.5, 0.6) is 0 Å². The van der Waals surface area contributed by atoms with Gasteiger partial charge in [0.2, 0.25) is 0 Å². The quantitative estimate of drug-likeness (QED) is 0.862. The first-order valence-corrected chi connectivity index (χ1v) is 8.58. The Bertz CT molecular complexity index is 651. The smallest absolute Gasteiger partial charge is 0.136 e. The summed E-state index contributed by atoms with van der Waals surface area (Å²) in [5.74, 6) is 0. The number of hydrogen-bond acceptors (Lipinski definition) is 3. The van der Waals surface area contributed by atoms with Crippen LogP contribution in [0.2, 0.25) is 0 Å². The summed E-state index contributed by atoms with van der Waals surface area (Å²) in [7, 11) is 0. The van der Waals surface area contributed by atoms with Gasteiger partial charge in [-0.15, -0.1) is 12.4 Å². The van der Waals surface area contributed by atoms with Crippen LogP contribution in [0.25, 0.3) is 5.65 Å². The number of nitrogens with zero attached hydrogens (tertiary/aromatic N) is 3. The number of fused-ring (bicyclic) bond motifs is 1. The molecule has 1 spiro atoms. The highest BCUT2D eigenvalue weighted by atomic mass is 79.9. The van der Waals surface area contributed by atoms with Crippen LogP contribution in [0, 0.1) is 5.41 Å². The maximum Gasteiger partial charge on any atom is 0.136 e.